The normalized spacial score (nSPS) is 19.4. The summed E-state index contributed by atoms with van der Waals surface area (Å²) < 4.78 is 0. The Hall–Kier alpha value is -1.22. The fourth-order valence-electron chi connectivity index (χ4n) is 2.90. The van der Waals surface area contributed by atoms with Gasteiger partial charge < -0.3 is 15.1 Å². The lowest BCUT2D eigenvalue weighted by Crippen LogP contribution is -2.31. The van der Waals surface area contributed by atoms with E-state index in [1.165, 1.54) is 0 Å². The topological polar surface area (TPSA) is 43.7 Å². The van der Waals surface area contributed by atoms with Gasteiger partial charge in [-0.25, -0.2) is 0 Å². The molecule has 0 saturated heterocycles. The summed E-state index contributed by atoms with van der Waals surface area (Å²) in [5.74, 6) is 0.550. The van der Waals surface area contributed by atoms with Crippen molar-refractivity contribution in [3.8, 4) is 5.75 Å². The third-order valence-electron chi connectivity index (χ3n) is 3.56. The number of phenols is 1. The van der Waals surface area contributed by atoms with Crippen molar-refractivity contribution in [3.05, 3.63) is 23.8 Å². The van der Waals surface area contributed by atoms with E-state index >= 15 is 0 Å². The number of aromatic hydroxyl groups is 1. The summed E-state index contributed by atoms with van der Waals surface area (Å²) in [6.07, 6.45) is 0.667. The molecule has 1 aromatic rings. The molecule has 1 aliphatic rings. The van der Waals surface area contributed by atoms with Crippen LogP contribution in [0, 0.1) is 0 Å². The van der Waals surface area contributed by atoms with E-state index in [1.807, 2.05) is 19.9 Å². The van der Waals surface area contributed by atoms with E-state index in [2.05, 4.69) is 24.8 Å². The average Bonchev–Trinajstić information content (AvgIpc) is 2.56. The lowest BCUT2D eigenvalue weighted by Gasteiger charge is -2.26. The van der Waals surface area contributed by atoms with Gasteiger partial charge in [-0.05, 0) is 46.2 Å². The Kier molecular flexibility index (Phi) is 3.28. The van der Waals surface area contributed by atoms with Crippen molar-refractivity contribution in [3.63, 3.8) is 0 Å². The first-order chi connectivity index (χ1) is 8.29. The van der Waals surface area contributed by atoms with Gasteiger partial charge in [0.1, 0.15) is 5.75 Å². The monoisotopic (exact) mass is 249 g/mol. The van der Waals surface area contributed by atoms with Gasteiger partial charge in [-0.15, -0.1) is 0 Å². The van der Waals surface area contributed by atoms with Gasteiger partial charge in [0.2, 0.25) is 0 Å². The van der Waals surface area contributed by atoms with Crippen LogP contribution < -0.4 is 4.90 Å². The molecule has 2 N–H and O–H groups in total. The number of nitrogens with zero attached hydrogens (tertiary/aromatic N) is 1. The van der Waals surface area contributed by atoms with Crippen LogP contribution in [0.15, 0.2) is 18.2 Å². The highest BCUT2D eigenvalue weighted by Gasteiger charge is 2.35. The maximum atomic E-state index is 10.1. The Balaban J connectivity index is 2.38. The maximum Gasteiger partial charge on any atom is 0.121 e. The number of anilines is 1. The van der Waals surface area contributed by atoms with E-state index in [9.17, 15) is 10.2 Å². The summed E-state index contributed by atoms with van der Waals surface area (Å²) in [5, 5.41) is 20.1. The molecule has 1 unspecified atom stereocenters. The largest absolute Gasteiger partial charge is 0.508 e. The molecule has 3 nitrogen and oxygen atoms in total. The van der Waals surface area contributed by atoms with Crippen LogP contribution in [0.2, 0.25) is 0 Å². The Bertz CT molecular complexity index is 435. The molecule has 100 valence electrons. The van der Waals surface area contributed by atoms with Crippen LogP contribution in [0.5, 0.6) is 5.75 Å². The highest BCUT2D eigenvalue weighted by atomic mass is 16.3. The maximum absolute atomic E-state index is 10.1. The molecule has 0 aromatic heterocycles. The van der Waals surface area contributed by atoms with Gasteiger partial charge >= 0.3 is 0 Å². The standard InChI is InChI=1S/C15H23NO2/c1-10(2)16-9-11(8-15(3,4)18)14-12(16)6-5-7-13(14)17/h5-7,10-11,17-18H,8-9H2,1-4H3. The molecule has 1 heterocycles. The summed E-state index contributed by atoms with van der Waals surface area (Å²) in [4.78, 5) is 2.30. The smallest absolute Gasteiger partial charge is 0.121 e. The first-order valence-electron chi connectivity index (χ1n) is 6.60. The summed E-state index contributed by atoms with van der Waals surface area (Å²) in [7, 11) is 0. The van der Waals surface area contributed by atoms with Gasteiger partial charge in [-0.2, -0.15) is 0 Å². The third kappa shape index (κ3) is 2.46. The van der Waals surface area contributed by atoms with Crippen LogP contribution in [0.1, 0.15) is 45.6 Å². The van der Waals surface area contributed by atoms with E-state index in [-0.39, 0.29) is 5.92 Å². The fraction of sp³-hybridized carbons (Fsp3) is 0.600. The van der Waals surface area contributed by atoms with Crippen molar-refractivity contribution in [2.75, 3.05) is 11.4 Å². The summed E-state index contributed by atoms with van der Waals surface area (Å²) in [6.45, 7) is 8.82. The molecule has 0 saturated carbocycles. The fourth-order valence-corrected chi connectivity index (χ4v) is 2.90. The molecule has 0 fully saturated rings. The van der Waals surface area contributed by atoms with Gasteiger partial charge in [-0.3, -0.25) is 0 Å². The molecule has 3 heteroatoms. The van der Waals surface area contributed by atoms with Crippen LogP contribution in [-0.2, 0) is 0 Å². The molecule has 18 heavy (non-hydrogen) atoms. The van der Waals surface area contributed by atoms with Gasteiger partial charge in [0, 0.05) is 29.8 Å². The number of benzene rings is 1. The van der Waals surface area contributed by atoms with Crippen molar-refractivity contribution in [2.24, 2.45) is 0 Å². The quantitative estimate of drug-likeness (QED) is 0.865. The number of fused-ring (bicyclic) bond motifs is 1. The Morgan fingerprint density at radius 1 is 1.39 bits per heavy atom. The zero-order chi connectivity index (χ0) is 13.5. The zero-order valence-corrected chi connectivity index (χ0v) is 11.6. The SMILES string of the molecule is CC(C)N1CC(CC(C)(C)O)c2c(O)cccc21. The molecule has 1 aromatic carbocycles. The number of phenolic OH excluding ortho intramolecular Hbond substituents is 1. The van der Waals surface area contributed by atoms with E-state index in [4.69, 9.17) is 0 Å². The van der Waals surface area contributed by atoms with Crippen molar-refractivity contribution in [1.29, 1.82) is 0 Å². The number of hydrogen-bond acceptors (Lipinski definition) is 3. The molecule has 0 aliphatic carbocycles. The molecule has 0 spiro atoms. The predicted molar refractivity (Wildman–Crippen MR) is 74.2 cm³/mol. The van der Waals surface area contributed by atoms with E-state index in [1.54, 1.807) is 6.07 Å². The highest BCUT2D eigenvalue weighted by Crippen LogP contribution is 2.45. The second-order valence-electron chi connectivity index (χ2n) is 6.17. The minimum absolute atomic E-state index is 0.198. The molecular weight excluding hydrogens is 226 g/mol. The lowest BCUT2D eigenvalue weighted by atomic mass is 9.89. The first kappa shape index (κ1) is 13.2. The van der Waals surface area contributed by atoms with Crippen molar-refractivity contribution >= 4 is 5.69 Å². The van der Waals surface area contributed by atoms with E-state index < -0.39 is 5.60 Å². The molecule has 0 radical (unpaired) electrons. The summed E-state index contributed by atoms with van der Waals surface area (Å²) >= 11 is 0. The Labute approximate surface area is 109 Å². The summed E-state index contributed by atoms with van der Waals surface area (Å²) in [6, 6.07) is 6.08. The van der Waals surface area contributed by atoms with Crippen LogP contribution in [-0.4, -0.2) is 28.4 Å². The minimum Gasteiger partial charge on any atom is -0.508 e. The second kappa shape index (κ2) is 4.47. The van der Waals surface area contributed by atoms with Crippen molar-refractivity contribution in [2.45, 2.75) is 51.7 Å². The molecule has 0 bridgehead atoms. The van der Waals surface area contributed by atoms with Crippen LogP contribution >= 0.6 is 0 Å². The molecule has 0 amide bonds. The molecule has 1 atom stereocenters. The van der Waals surface area contributed by atoms with Crippen molar-refractivity contribution in [1.82, 2.24) is 0 Å². The predicted octanol–water partition coefficient (Wildman–Crippen LogP) is 2.87. The number of aliphatic hydroxyl groups is 1. The number of hydrogen-bond donors (Lipinski definition) is 2. The van der Waals surface area contributed by atoms with Gasteiger partial charge in [0.15, 0.2) is 0 Å². The average molecular weight is 249 g/mol. The number of rotatable bonds is 3. The Morgan fingerprint density at radius 3 is 2.61 bits per heavy atom. The second-order valence-corrected chi connectivity index (χ2v) is 6.17. The van der Waals surface area contributed by atoms with Gasteiger partial charge in [-0.1, -0.05) is 6.07 Å². The molecule has 1 aliphatic heterocycles. The lowest BCUT2D eigenvalue weighted by molar-refractivity contribution is 0.0641. The minimum atomic E-state index is -0.711. The molecule has 2 rings (SSSR count). The zero-order valence-electron chi connectivity index (χ0n) is 11.6. The van der Waals surface area contributed by atoms with Gasteiger partial charge in [0.25, 0.3) is 0 Å². The van der Waals surface area contributed by atoms with E-state index in [0.717, 1.165) is 17.8 Å². The first-order valence-corrected chi connectivity index (χ1v) is 6.60. The van der Waals surface area contributed by atoms with Crippen LogP contribution in [0.3, 0.4) is 0 Å². The Morgan fingerprint density at radius 2 is 2.06 bits per heavy atom. The van der Waals surface area contributed by atoms with Crippen LogP contribution in [0.25, 0.3) is 0 Å². The van der Waals surface area contributed by atoms with E-state index in [0.29, 0.717) is 18.2 Å². The van der Waals surface area contributed by atoms with Crippen LogP contribution in [0.4, 0.5) is 5.69 Å². The van der Waals surface area contributed by atoms with Gasteiger partial charge in [0.05, 0.1) is 5.60 Å². The molecular formula is C15H23NO2. The van der Waals surface area contributed by atoms with Crippen molar-refractivity contribution < 1.29 is 10.2 Å². The third-order valence-corrected chi connectivity index (χ3v) is 3.56. The highest BCUT2D eigenvalue weighted by molar-refractivity contribution is 5.65. The summed E-state index contributed by atoms with van der Waals surface area (Å²) in [5.41, 5.74) is 1.39.